The Bertz CT molecular complexity index is 801. The Labute approximate surface area is 148 Å². The number of carbonyl (C=O) groups is 1. The fourth-order valence-corrected chi connectivity index (χ4v) is 3.66. The van der Waals surface area contributed by atoms with E-state index in [9.17, 15) is 9.59 Å². The molecular weight excluding hydrogens is 355 g/mol. The molecule has 0 saturated carbocycles. The van der Waals surface area contributed by atoms with Crippen LogP contribution in [0.3, 0.4) is 0 Å². The molecule has 2 heterocycles. The highest BCUT2D eigenvalue weighted by molar-refractivity contribution is 6.35. The monoisotopic (exact) mass is 370 g/mol. The molecule has 2 aromatic rings. The van der Waals surface area contributed by atoms with Crippen LogP contribution in [0.5, 0.6) is 0 Å². The zero-order chi connectivity index (χ0) is 17.3. The van der Waals surface area contributed by atoms with Crippen molar-refractivity contribution in [3.63, 3.8) is 0 Å². The topological polar surface area (TPSA) is 75.5 Å². The lowest BCUT2D eigenvalue weighted by molar-refractivity contribution is 0.0815. The fraction of sp³-hybridized carbons (Fsp3) is 0.375. The Kier molecular flexibility index (Phi) is 4.87. The van der Waals surface area contributed by atoms with E-state index in [1.54, 1.807) is 23.1 Å². The number of carbonyl (C=O) groups excluding carboxylic acids is 1. The number of amides is 1. The summed E-state index contributed by atoms with van der Waals surface area (Å²) in [5.41, 5.74) is 0.510. The minimum atomic E-state index is -0.417. The highest BCUT2D eigenvalue weighted by Crippen LogP contribution is 2.41. The number of benzene rings is 1. The average Bonchev–Trinajstić information content (AvgIpc) is 3.00. The van der Waals surface area contributed by atoms with Crippen LogP contribution < -0.4 is 5.56 Å². The first-order valence-corrected chi connectivity index (χ1v) is 8.23. The van der Waals surface area contributed by atoms with Crippen LogP contribution in [0.1, 0.15) is 36.1 Å². The van der Waals surface area contributed by atoms with Crippen molar-refractivity contribution in [2.45, 2.75) is 24.8 Å². The van der Waals surface area contributed by atoms with Crippen LogP contribution in [0, 0.1) is 0 Å². The van der Waals surface area contributed by atoms with E-state index in [4.69, 9.17) is 32.5 Å². The first-order chi connectivity index (χ1) is 11.5. The van der Waals surface area contributed by atoms with Gasteiger partial charge in [-0.2, -0.15) is 5.16 Å². The number of likely N-dealkylation sites (tertiary alicyclic amines) is 1. The Hall–Kier alpha value is -1.92. The second kappa shape index (κ2) is 6.91. The summed E-state index contributed by atoms with van der Waals surface area (Å²) in [6.07, 6.45) is 0.814. The number of H-pyrrole nitrogens is 1. The van der Waals surface area contributed by atoms with Crippen molar-refractivity contribution in [2.75, 3.05) is 13.7 Å². The molecule has 1 aliphatic rings. The largest absolute Gasteiger partial charge is 0.453 e. The van der Waals surface area contributed by atoms with Gasteiger partial charge in [0.1, 0.15) is 5.76 Å². The fourth-order valence-electron chi connectivity index (χ4n) is 3.12. The van der Waals surface area contributed by atoms with E-state index in [1.807, 2.05) is 0 Å². The molecular formula is C16H16Cl2N2O4. The molecule has 1 aromatic heterocycles. The number of nitrogens with one attached hydrogen (secondary N) is 1. The number of hydrogen-bond acceptors (Lipinski definition) is 4. The third-order valence-electron chi connectivity index (χ3n) is 4.28. The molecule has 1 aromatic carbocycles. The van der Waals surface area contributed by atoms with Crippen molar-refractivity contribution in [2.24, 2.45) is 0 Å². The summed E-state index contributed by atoms with van der Waals surface area (Å²) < 4.78 is 10.1. The third-order valence-corrected chi connectivity index (χ3v) is 4.84. The molecule has 0 aliphatic carbocycles. The van der Waals surface area contributed by atoms with E-state index in [1.165, 1.54) is 13.2 Å². The second-order valence-electron chi connectivity index (χ2n) is 5.68. The Balaban J connectivity index is 1.95. The number of rotatable bonds is 2. The smallest absolute Gasteiger partial charge is 0.409 e. The standard InChI is InChI=1S/C16H16Cl2N2O4/c1-23-16(22)20-5-4-9(14-8-15(21)19-24-14)6-13(20)11-3-2-10(17)7-12(11)18/h2-3,7-9,13H,4-6H2,1H3,(H,19,21)/t9-,13+/m1/s1. The number of ether oxygens (including phenoxy) is 1. The van der Waals surface area contributed by atoms with E-state index >= 15 is 0 Å². The van der Waals surface area contributed by atoms with Gasteiger partial charge in [-0.3, -0.25) is 4.79 Å². The minimum Gasteiger partial charge on any atom is -0.453 e. The van der Waals surface area contributed by atoms with Gasteiger partial charge in [-0.05, 0) is 30.5 Å². The SMILES string of the molecule is COC(=O)N1CC[C@@H](c2cc(=O)[nH]o2)C[C@H]1c1ccc(Cl)cc1Cl. The van der Waals surface area contributed by atoms with Crippen molar-refractivity contribution in [3.8, 4) is 0 Å². The molecule has 24 heavy (non-hydrogen) atoms. The molecule has 3 rings (SSSR count). The first-order valence-electron chi connectivity index (χ1n) is 7.47. The van der Waals surface area contributed by atoms with Gasteiger partial charge < -0.3 is 14.2 Å². The van der Waals surface area contributed by atoms with Gasteiger partial charge in [-0.15, -0.1) is 0 Å². The molecule has 0 unspecified atom stereocenters. The lowest BCUT2D eigenvalue weighted by atomic mass is 9.86. The number of nitrogens with zero attached hydrogens (tertiary/aromatic N) is 1. The summed E-state index contributed by atoms with van der Waals surface area (Å²) in [5, 5.41) is 3.31. The van der Waals surface area contributed by atoms with Crippen LogP contribution in [-0.4, -0.2) is 29.8 Å². The van der Waals surface area contributed by atoms with Crippen LogP contribution in [-0.2, 0) is 4.74 Å². The molecule has 2 atom stereocenters. The van der Waals surface area contributed by atoms with Crippen molar-refractivity contribution in [3.05, 3.63) is 56.0 Å². The predicted octanol–water partition coefficient (Wildman–Crippen LogP) is 3.96. The number of methoxy groups -OCH3 is 1. The number of aromatic nitrogens is 1. The number of piperidine rings is 1. The third kappa shape index (κ3) is 3.30. The van der Waals surface area contributed by atoms with Gasteiger partial charge in [0.2, 0.25) is 0 Å². The molecule has 1 fully saturated rings. The highest BCUT2D eigenvalue weighted by atomic mass is 35.5. The zero-order valence-corrected chi connectivity index (χ0v) is 14.4. The van der Waals surface area contributed by atoms with E-state index in [2.05, 4.69) is 5.16 Å². The number of halogens is 2. The van der Waals surface area contributed by atoms with Crippen molar-refractivity contribution in [1.82, 2.24) is 10.1 Å². The molecule has 1 amide bonds. The Morgan fingerprint density at radius 2 is 2.17 bits per heavy atom. The molecule has 6 nitrogen and oxygen atoms in total. The second-order valence-corrected chi connectivity index (χ2v) is 6.53. The summed E-state index contributed by atoms with van der Waals surface area (Å²) in [6.45, 7) is 0.468. The summed E-state index contributed by atoms with van der Waals surface area (Å²) in [7, 11) is 1.35. The van der Waals surface area contributed by atoms with Gasteiger partial charge in [0.05, 0.1) is 13.2 Å². The van der Waals surface area contributed by atoms with Crippen molar-refractivity contribution < 1.29 is 14.1 Å². The zero-order valence-electron chi connectivity index (χ0n) is 12.9. The number of hydrogen-bond donors (Lipinski definition) is 1. The molecule has 8 heteroatoms. The van der Waals surface area contributed by atoms with E-state index in [0.717, 1.165) is 5.56 Å². The quantitative estimate of drug-likeness (QED) is 0.867. The maximum absolute atomic E-state index is 12.1. The molecule has 128 valence electrons. The van der Waals surface area contributed by atoms with Crippen LogP contribution in [0.25, 0.3) is 0 Å². The maximum atomic E-state index is 12.1. The van der Waals surface area contributed by atoms with E-state index < -0.39 is 6.09 Å². The van der Waals surface area contributed by atoms with Crippen LogP contribution in [0.2, 0.25) is 10.0 Å². The molecule has 1 aliphatic heterocycles. The minimum absolute atomic E-state index is 0.00148. The van der Waals surface area contributed by atoms with Gasteiger partial charge in [0, 0.05) is 28.6 Å². The van der Waals surface area contributed by atoms with Gasteiger partial charge in [0.15, 0.2) is 0 Å². The van der Waals surface area contributed by atoms with Crippen molar-refractivity contribution >= 4 is 29.3 Å². The van der Waals surface area contributed by atoms with Gasteiger partial charge in [-0.1, -0.05) is 29.3 Å². The lowest BCUT2D eigenvalue weighted by Gasteiger charge is -2.38. The van der Waals surface area contributed by atoms with Gasteiger partial charge in [-0.25, -0.2) is 4.79 Å². The Morgan fingerprint density at radius 3 is 2.79 bits per heavy atom. The summed E-state index contributed by atoms with van der Waals surface area (Å²) in [4.78, 5) is 25.1. The lowest BCUT2D eigenvalue weighted by Crippen LogP contribution is -2.40. The highest BCUT2D eigenvalue weighted by Gasteiger charge is 2.36. The average molecular weight is 371 g/mol. The van der Waals surface area contributed by atoms with Crippen LogP contribution in [0.15, 0.2) is 33.6 Å². The molecule has 0 spiro atoms. The van der Waals surface area contributed by atoms with Gasteiger partial charge >= 0.3 is 6.09 Å². The maximum Gasteiger partial charge on any atom is 0.409 e. The molecule has 1 N–H and O–H groups in total. The molecule has 1 saturated heterocycles. The van der Waals surface area contributed by atoms with E-state index in [-0.39, 0.29) is 17.5 Å². The summed E-state index contributed by atoms with van der Waals surface area (Å²) in [6, 6.07) is 6.34. The van der Waals surface area contributed by atoms with Gasteiger partial charge in [0.25, 0.3) is 5.56 Å². The molecule has 0 radical (unpaired) electrons. The van der Waals surface area contributed by atoms with Crippen LogP contribution >= 0.6 is 23.2 Å². The normalized spacial score (nSPS) is 20.9. The summed E-state index contributed by atoms with van der Waals surface area (Å²) in [5.74, 6) is 0.584. The number of aromatic amines is 1. The first kappa shape index (κ1) is 16.9. The van der Waals surface area contributed by atoms with E-state index in [0.29, 0.717) is 35.2 Å². The summed E-state index contributed by atoms with van der Waals surface area (Å²) >= 11 is 12.3. The molecule has 0 bridgehead atoms. The van der Waals surface area contributed by atoms with Crippen molar-refractivity contribution in [1.29, 1.82) is 0 Å². The Morgan fingerprint density at radius 1 is 1.38 bits per heavy atom. The predicted molar refractivity (Wildman–Crippen MR) is 89.6 cm³/mol. The van der Waals surface area contributed by atoms with Crippen LogP contribution in [0.4, 0.5) is 4.79 Å².